The third-order valence-electron chi connectivity index (χ3n) is 5.25. The Bertz CT molecular complexity index is 923. The van der Waals surface area contributed by atoms with Crippen LogP contribution < -0.4 is 10.6 Å². The highest BCUT2D eigenvalue weighted by Crippen LogP contribution is 2.18. The van der Waals surface area contributed by atoms with Crippen LogP contribution in [0.1, 0.15) is 52.5 Å². The van der Waals surface area contributed by atoms with Gasteiger partial charge in [0.15, 0.2) is 6.29 Å². The normalized spacial score (nSPS) is 14.1. The molecule has 2 aromatic rings. The molecule has 1 aliphatic heterocycles. The van der Waals surface area contributed by atoms with Gasteiger partial charge >= 0.3 is 0 Å². The zero-order valence-electron chi connectivity index (χ0n) is 21.4. The first kappa shape index (κ1) is 32.6. The van der Waals surface area contributed by atoms with E-state index in [4.69, 9.17) is 28.3 Å². The average molecular weight is 525 g/mol. The van der Waals surface area contributed by atoms with E-state index in [1.807, 2.05) is 38.2 Å². The van der Waals surface area contributed by atoms with E-state index in [1.165, 1.54) is 37.6 Å². The lowest BCUT2D eigenvalue weighted by Gasteiger charge is -2.15. The Kier molecular flexibility index (Phi) is 17.6. The van der Waals surface area contributed by atoms with E-state index in [1.54, 1.807) is 6.07 Å². The number of amides is 1. The zero-order chi connectivity index (χ0) is 26.8. The number of rotatable bonds is 5. The molecule has 0 radical (unpaired) electrons. The van der Waals surface area contributed by atoms with Crippen molar-refractivity contribution in [3.05, 3.63) is 75.8 Å². The summed E-state index contributed by atoms with van der Waals surface area (Å²) >= 11 is 11.5. The molecule has 1 aliphatic rings. The third kappa shape index (κ3) is 12.8. The molecule has 6 nitrogen and oxygen atoms in total. The molecule has 2 aromatic carbocycles. The number of aryl methyl sites for hydroxylation is 1. The van der Waals surface area contributed by atoms with Crippen molar-refractivity contribution in [1.82, 2.24) is 10.2 Å². The lowest BCUT2D eigenvalue weighted by Crippen LogP contribution is -2.27. The number of anilines is 1. The lowest BCUT2D eigenvalue weighted by atomic mass is 10.1. The van der Waals surface area contributed by atoms with Crippen LogP contribution in [-0.2, 0) is 0 Å². The number of carbonyl (C=O) groups is 2. The second kappa shape index (κ2) is 18.9. The number of likely N-dealkylation sites (N-methyl/N-ethyl adjacent to an activating group) is 1. The molecule has 0 spiro atoms. The maximum Gasteiger partial charge on any atom is 0.251 e. The number of hydrogen-bond acceptors (Lipinski definition) is 5. The van der Waals surface area contributed by atoms with Crippen LogP contribution in [0.3, 0.4) is 0 Å². The number of aliphatic hydroxyl groups is 1. The summed E-state index contributed by atoms with van der Waals surface area (Å²) in [6, 6.07) is 10.8. The number of aliphatic hydroxyl groups excluding tert-OH is 1. The van der Waals surface area contributed by atoms with Crippen LogP contribution in [0, 0.1) is 6.92 Å². The Hall–Kier alpha value is -2.38. The predicted octanol–water partition coefficient (Wildman–Crippen LogP) is 5.86. The van der Waals surface area contributed by atoms with E-state index >= 15 is 0 Å². The van der Waals surface area contributed by atoms with Crippen molar-refractivity contribution in [3.8, 4) is 0 Å². The van der Waals surface area contributed by atoms with Gasteiger partial charge in [0.1, 0.15) is 0 Å². The van der Waals surface area contributed by atoms with Crippen LogP contribution in [0.5, 0.6) is 0 Å². The first-order valence-electron chi connectivity index (χ1n) is 11.5. The van der Waals surface area contributed by atoms with E-state index in [2.05, 4.69) is 36.1 Å². The van der Waals surface area contributed by atoms with Gasteiger partial charge in [-0.1, -0.05) is 36.2 Å². The molecule has 1 saturated heterocycles. The summed E-state index contributed by atoms with van der Waals surface area (Å²) in [6.45, 7) is 9.06. The van der Waals surface area contributed by atoms with Crippen LogP contribution in [0.25, 0.3) is 0 Å². The summed E-state index contributed by atoms with van der Waals surface area (Å²) in [4.78, 5) is 23.7. The molecular weight excluding hydrogens is 485 g/mol. The molecule has 1 fully saturated rings. The van der Waals surface area contributed by atoms with Crippen molar-refractivity contribution in [1.29, 1.82) is 0 Å². The minimum Gasteiger partial charge on any atom is -0.395 e. The molecular formula is C27H39Cl2N3O3. The van der Waals surface area contributed by atoms with Crippen molar-refractivity contribution in [2.24, 2.45) is 0 Å². The summed E-state index contributed by atoms with van der Waals surface area (Å²) < 4.78 is 0. The third-order valence-corrected chi connectivity index (χ3v) is 5.81. The van der Waals surface area contributed by atoms with Crippen LogP contribution in [0.4, 0.5) is 5.69 Å². The summed E-state index contributed by atoms with van der Waals surface area (Å²) in [5.41, 5.74) is 3.13. The Morgan fingerprint density at radius 1 is 1.23 bits per heavy atom. The highest BCUT2D eigenvalue weighted by atomic mass is 35.5. The molecule has 0 aliphatic carbocycles. The fraction of sp³-hybridized carbons (Fsp3) is 0.407. The Morgan fingerprint density at radius 3 is 2.26 bits per heavy atom. The van der Waals surface area contributed by atoms with Crippen LogP contribution in [0.15, 0.2) is 49.1 Å². The Morgan fingerprint density at radius 2 is 1.89 bits per heavy atom. The molecule has 0 aromatic heterocycles. The Labute approximate surface area is 220 Å². The van der Waals surface area contributed by atoms with E-state index in [0.717, 1.165) is 23.7 Å². The predicted molar refractivity (Wildman–Crippen MR) is 149 cm³/mol. The van der Waals surface area contributed by atoms with Gasteiger partial charge in [-0.15, -0.1) is 6.58 Å². The zero-order valence-corrected chi connectivity index (χ0v) is 22.9. The molecule has 1 unspecified atom stereocenters. The van der Waals surface area contributed by atoms with E-state index in [0.29, 0.717) is 30.1 Å². The number of likely N-dealkylation sites (tertiary alicyclic amines) is 1. The fourth-order valence-electron chi connectivity index (χ4n) is 3.03. The van der Waals surface area contributed by atoms with Crippen molar-refractivity contribution in [2.45, 2.75) is 39.2 Å². The molecule has 8 heteroatoms. The van der Waals surface area contributed by atoms with Crippen LogP contribution in [-0.4, -0.2) is 62.5 Å². The second-order valence-corrected chi connectivity index (χ2v) is 8.64. The van der Waals surface area contributed by atoms with Crippen molar-refractivity contribution in [2.75, 3.05) is 39.6 Å². The van der Waals surface area contributed by atoms with E-state index in [9.17, 15) is 9.59 Å². The van der Waals surface area contributed by atoms with Crippen molar-refractivity contribution in [3.63, 3.8) is 0 Å². The minimum atomic E-state index is -0.223. The van der Waals surface area contributed by atoms with E-state index in [-0.39, 0.29) is 10.9 Å². The first-order valence-corrected chi connectivity index (χ1v) is 12.3. The summed E-state index contributed by atoms with van der Waals surface area (Å²) in [7, 11) is 5.49. The summed E-state index contributed by atoms with van der Waals surface area (Å²) in [5.74, 6) is -0.223. The van der Waals surface area contributed by atoms with Gasteiger partial charge < -0.3 is 20.6 Å². The number of nitrogens with one attached hydrogen (secondary N) is 2. The molecule has 3 N–H and O–H groups in total. The van der Waals surface area contributed by atoms with Crippen LogP contribution in [0.2, 0.25) is 10.0 Å². The molecule has 1 heterocycles. The van der Waals surface area contributed by atoms with Gasteiger partial charge in [-0.2, -0.15) is 0 Å². The number of nitrogens with zero attached hydrogens (tertiary/aromatic N) is 1. The quantitative estimate of drug-likeness (QED) is 0.337. The molecule has 3 rings (SSSR count). The number of carbonyl (C=O) groups excluding carboxylic acids is 2. The van der Waals surface area contributed by atoms with Crippen molar-refractivity contribution < 1.29 is 14.7 Å². The fourth-order valence-corrected chi connectivity index (χ4v) is 3.48. The van der Waals surface area contributed by atoms with E-state index < -0.39 is 0 Å². The maximum atomic E-state index is 11.1. The van der Waals surface area contributed by atoms with Gasteiger partial charge in [0.05, 0.1) is 11.6 Å². The standard InChI is InChI=1S/C9H8ClNO2.C8H10ClN.C6H13NO.C4H8/c1-11-9(13)6-2-3-7(5-12)8(10)4-6;1-6-5-7(9)3-4-8(6)10-2;1-7-4-2-3-6(7)5-8;1-3-4-2/h2-5H,1H3,(H,11,13);3-5,10H,1-2H3;6,8H,2-5H2,1H3;3H,1,4H2,2H3. The number of hydrogen-bond donors (Lipinski definition) is 3. The maximum absolute atomic E-state index is 11.1. The second-order valence-electron chi connectivity index (χ2n) is 7.80. The lowest BCUT2D eigenvalue weighted by molar-refractivity contribution is 0.0962. The highest BCUT2D eigenvalue weighted by molar-refractivity contribution is 6.33. The smallest absolute Gasteiger partial charge is 0.251 e. The van der Waals surface area contributed by atoms with Crippen LogP contribution >= 0.6 is 23.2 Å². The SMILES string of the molecule is C=CCC.CN1CCCC1CO.CNC(=O)c1ccc(C=O)c(Cl)c1.CNc1ccc(Cl)cc1C. The molecule has 0 saturated carbocycles. The van der Waals surface area contributed by atoms with Gasteiger partial charge in [-0.05, 0) is 81.7 Å². The molecule has 194 valence electrons. The van der Waals surface area contributed by atoms with Gasteiger partial charge in [0.2, 0.25) is 0 Å². The van der Waals surface area contributed by atoms with Gasteiger partial charge in [0.25, 0.3) is 5.91 Å². The van der Waals surface area contributed by atoms with Crippen molar-refractivity contribution >= 4 is 41.1 Å². The Balaban J connectivity index is 0.000000471. The summed E-state index contributed by atoms with van der Waals surface area (Å²) in [6.07, 6.45) is 6.03. The molecule has 1 amide bonds. The average Bonchev–Trinajstić information content (AvgIpc) is 3.29. The van der Waals surface area contributed by atoms with Gasteiger partial charge in [-0.3, -0.25) is 9.59 Å². The molecule has 35 heavy (non-hydrogen) atoms. The summed E-state index contributed by atoms with van der Waals surface area (Å²) in [5, 5.41) is 15.3. The molecule has 0 bridgehead atoms. The first-order chi connectivity index (χ1) is 16.7. The number of benzene rings is 2. The number of aldehydes is 1. The largest absolute Gasteiger partial charge is 0.395 e. The minimum absolute atomic E-state index is 0.223. The van der Waals surface area contributed by atoms with Gasteiger partial charge in [0, 0.05) is 42.0 Å². The highest BCUT2D eigenvalue weighted by Gasteiger charge is 2.18. The number of allylic oxidation sites excluding steroid dienone is 1. The monoisotopic (exact) mass is 523 g/mol. The number of halogens is 2. The van der Waals surface area contributed by atoms with Gasteiger partial charge in [-0.25, -0.2) is 0 Å². The topological polar surface area (TPSA) is 81.7 Å². The molecule has 1 atom stereocenters.